The largest absolute Gasteiger partial charge is 0.334 e. The minimum absolute atomic E-state index is 0.380. The van der Waals surface area contributed by atoms with E-state index in [0.29, 0.717) is 24.7 Å². The number of nitrogens with two attached hydrogens (primary N) is 1. The fraction of sp³-hybridized carbons (Fsp3) is 0.526. The van der Waals surface area contributed by atoms with Crippen LogP contribution in [-0.4, -0.2) is 30.2 Å². The van der Waals surface area contributed by atoms with Gasteiger partial charge < -0.3 is 14.9 Å². The maximum atomic E-state index is 5.66. The van der Waals surface area contributed by atoms with Crippen molar-refractivity contribution < 1.29 is 4.57 Å². The quantitative estimate of drug-likeness (QED) is 0.567. The van der Waals surface area contributed by atoms with Crippen LogP contribution in [0.15, 0.2) is 56.2 Å². The molecule has 3 aromatic heterocycles. The highest BCUT2D eigenvalue weighted by Crippen LogP contribution is 2.30. The Morgan fingerprint density at radius 3 is 2.23 bits per heavy atom. The minimum Gasteiger partial charge on any atom is -0.334 e. The molecular weight excluding hydrogens is 326 g/mol. The van der Waals surface area contributed by atoms with Crippen LogP contribution in [0, 0.1) is 0 Å². The molecule has 7 heteroatoms. The second-order valence-electron chi connectivity index (χ2n) is 6.94. The molecule has 0 amide bonds. The summed E-state index contributed by atoms with van der Waals surface area (Å²) in [4.78, 5) is 8.48. The number of hydrogen-bond acceptors (Lipinski definition) is 3. The fourth-order valence-electron chi connectivity index (χ4n) is 3.59. The molecule has 0 radical (unpaired) electrons. The molecule has 0 saturated heterocycles. The van der Waals surface area contributed by atoms with Crippen LogP contribution in [0.2, 0.25) is 0 Å². The molecule has 3 atom stereocenters. The van der Waals surface area contributed by atoms with E-state index in [1.54, 1.807) is 0 Å². The van der Waals surface area contributed by atoms with Gasteiger partial charge in [-0.15, -0.1) is 0 Å². The Kier molecular flexibility index (Phi) is 6.22. The molecule has 3 unspecified atom stereocenters. The Morgan fingerprint density at radius 1 is 0.962 bits per heavy atom. The van der Waals surface area contributed by atoms with Gasteiger partial charge in [0.25, 0.3) is 0 Å². The average molecular weight is 356 g/mol. The molecule has 0 spiro atoms. The summed E-state index contributed by atoms with van der Waals surface area (Å²) in [7, 11) is 0. The average Bonchev–Trinajstić information content (AvgIpc) is 3.41. The lowest BCUT2D eigenvalue weighted by Crippen LogP contribution is -2.35. The number of hydrogen-bond donors (Lipinski definition) is 1. The van der Waals surface area contributed by atoms with Crippen LogP contribution in [0.3, 0.4) is 0 Å². The maximum Gasteiger partial charge on any atom is 0.244 e. The van der Waals surface area contributed by atoms with Gasteiger partial charge in [0.1, 0.15) is 18.9 Å². The molecule has 3 aromatic rings. The third kappa shape index (κ3) is 4.40. The van der Waals surface area contributed by atoms with E-state index in [-0.39, 0.29) is 0 Å². The second kappa shape index (κ2) is 8.80. The van der Waals surface area contributed by atoms with E-state index in [1.165, 1.54) is 0 Å². The van der Waals surface area contributed by atoms with Crippen LogP contribution in [-0.2, 0) is 6.54 Å². The van der Waals surface area contributed by atoms with Crippen molar-refractivity contribution in [1.29, 1.82) is 0 Å². The lowest BCUT2D eigenvalue weighted by atomic mass is 9.98. The van der Waals surface area contributed by atoms with Gasteiger partial charge in [-0.2, -0.15) is 0 Å². The van der Waals surface area contributed by atoms with E-state index in [4.69, 9.17) is 5.73 Å². The summed E-state index contributed by atoms with van der Waals surface area (Å²) < 4.78 is 8.88. The Labute approximate surface area is 155 Å². The number of rotatable bonds is 10. The lowest BCUT2D eigenvalue weighted by molar-refractivity contribution is -0.694. The molecule has 0 aliphatic rings. The smallest absolute Gasteiger partial charge is 0.244 e. The molecule has 0 aromatic carbocycles. The Bertz CT molecular complexity index is 745. The molecule has 3 rings (SSSR count). The highest BCUT2D eigenvalue weighted by molar-refractivity contribution is 4.88. The van der Waals surface area contributed by atoms with E-state index in [0.717, 1.165) is 25.8 Å². The molecule has 0 saturated carbocycles. The molecule has 0 bridgehead atoms. The first kappa shape index (κ1) is 18.4. The molecule has 7 nitrogen and oxygen atoms in total. The number of aromatic nitrogens is 6. The van der Waals surface area contributed by atoms with Crippen molar-refractivity contribution in [3.05, 3.63) is 56.2 Å². The first-order chi connectivity index (χ1) is 12.7. The zero-order valence-corrected chi connectivity index (χ0v) is 15.7. The first-order valence-electron chi connectivity index (χ1n) is 9.42. The van der Waals surface area contributed by atoms with Gasteiger partial charge in [-0.3, -0.25) is 0 Å². The zero-order valence-electron chi connectivity index (χ0n) is 15.7. The van der Waals surface area contributed by atoms with E-state index in [2.05, 4.69) is 73.2 Å². The summed E-state index contributed by atoms with van der Waals surface area (Å²) in [5.74, 6) is 0. The standard InChI is InChI=1S/C19H30N7/c1-3-18(24-8-5-21-14-24)13-19(25-9-6-22-15-25)12-17(2)26-11-10-23(16-26)7-4-20/h5-6,8-11,14-19H,3-4,7,12-13,20H2,1-2H3/q+1. The van der Waals surface area contributed by atoms with E-state index in [1.807, 2.05) is 25.0 Å². The van der Waals surface area contributed by atoms with Crippen molar-refractivity contribution >= 4 is 0 Å². The fourth-order valence-corrected chi connectivity index (χ4v) is 3.59. The topological polar surface area (TPSA) is 70.5 Å². The summed E-state index contributed by atoms with van der Waals surface area (Å²) in [6, 6.07) is 1.20. The van der Waals surface area contributed by atoms with Crippen LogP contribution in [0.4, 0.5) is 0 Å². The summed E-state index contributed by atoms with van der Waals surface area (Å²) in [5, 5.41) is 0. The summed E-state index contributed by atoms with van der Waals surface area (Å²) >= 11 is 0. The predicted molar refractivity (Wildman–Crippen MR) is 100 cm³/mol. The third-order valence-electron chi connectivity index (χ3n) is 5.13. The van der Waals surface area contributed by atoms with E-state index in [9.17, 15) is 0 Å². The highest BCUT2D eigenvalue weighted by Gasteiger charge is 2.23. The summed E-state index contributed by atoms with van der Waals surface area (Å²) in [6.07, 6.45) is 21.3. The normalized spacial score (nSPS) is 15.0. The van der Waals surface area contributed by atoms with Crippen LogP contribution in [0.1, 0.15) is 51.2 Å². The van der Waals surface area contributed by atoms with Crippen molar-refractivity contribution in [2.75, 3.05) is 6.54 Å². The van der Waals surface area contributed by atoms with Gasteiger partial charge in [0.05, 0.1) is 18.7 Å². The Morgan fingerprint density at radius 2 is 1.65 bits per heavy atom. The van der Waals surface area contributed by atoms with E-state index >= 15 is 0 Å². The van der Waals surface area contributed by atoms with Crippen LogP contribution in [0.5, 0.6) is 0 Å². The summed E-state index contributed by atoms with van der Waals surface area (Å²) in [5.41, 5.74) is 5.66. The van der Waals surface area contributed by atoms with Gasteiger partial charge in [0.15, 0.2) is 0 Å². The Balaban J connectivity index is 1.73. The van der Waals surface area contributed by atoms with Gasteiger partial charge >= 0.3 is 0 Å². The monoisotopic (exact) mass is 356 g/mol. The van der Waals surface area contributed by atoms with Crippen LogP contribution in [0.25, 0.3) is 0 Å². The van der Waals surface area contributed by atoms with Gasteiger partial charge in [-0.25, -0.2) is 19.1 Å². The van der Waals surface area contributed by atoms with Crippen LogP contribution < -0.4 is 10.3 Å². The molecule has 0 aliphatic heterocycles. The van der Waals surface area contributed by atoms with Crippen molar-refractivity contribution in [1.82, 2.24) is 23.7 Å². The first-order valence-corrected chi connectivity index (χ1v) is 9.42. The molecule has 0 fully saturated rings. The molecule has 3 heterocycles. The molecular formula is C19H30N7+. The second-order valence-corrected chi connectivity index (χ2v) is 6.94. The third-order valence-corrected chi connectivity index (χ3v) is 5.13. The maximum absolute atomic E-state index is 5.66. The van der Waals surface area contributed by atoms with Crippen molar-refractivity contribution in [3.63, 3.8) is 0 Å². The molecule has 2 N–H and O–H groups in total. The number of nitrogens with zero attached hydrogens (tertiary/aromatic N) is 6. The lowest BCUT2D eigenvalue weighted by Gasteiger charge is -2.26. The van der Waals surface area contributed by atoms with E-state index < -0.39 is 0 Å². The zero-order chi connectivity index (χ0) is 18.4. The Hall–Kier alpha value is -2.41. The van der Waals surface area contributed by atoms with Crippen molar-refractivity contribution in [2.45, 2.75) is 57.8 Å². The predicted octanol–water partition coefficient (Wildman–Crippen LogP) is 2.36. The minimum atomic E-state index is 0.380. The molecule has 140 valence electrons. The van der Waals surface area contributed by atoms with Crippen LogP contribution >= 0.6 is 0 Å². The molecule has 0 aliphatic carbocycles. The van der Waals surface area contributed by atoms with Gasteiger partial charge in [-0.05, 0) is 19.8 Å². The van der Waals surface area contributed by atoms with Crippen molar-refractivity contribution in [3.8, 4) is 0 Å². The molecule has 26 heavy (non-hydrogen) atoms. The number of imidazole rings is 3. The SMILES string of the molecule is CCC(CC(CC(C)n1cc[n+](CCN)c1)n1ccnc1)n1ccnc1. The van der Waals surface area contributed by atoms with Gasteiger partial charge in [0, 0.05) is 49.8 Å². The highest BCUT2D eigenvalue weighted by atomic mass is 15.1. The van der Waals surface area contributed by atoms with Gasteiger partial charge in [-0.1, -0.05) is 6.92 Å². The van der Waals surface area contributed by atoms with Gasteiger partial charge in [0.2, 0.25) is 6.33 Å². The van der Waals surface area contributed by atoms with Crippen molar-refractivity contribution in [2.24, 2.45) is 5.73 Å². The summed E-state index contributed by atoms with van der Waals surface area (Å²) in [6.45, 7) is 6.02.